The maximum atomic E-state index is 6.24. The third kappa shape index (κ3) is 5.25. The number of methoxy groups -OCH3 is 2. The Labute approximate surface area is 223 Å². The Bertz CT molecular complexity index is 1460. The van der Waals surface area contributed by atoms with Crippen LogP contribution in [0.25, 0.3) is 28.4 Å². The van der Waals surface area contributed by atoms with Crippen LogP contribution in [0.3, 0.4) is 0 Å². The van der Waals surface area contributed by atoms with Gasteiger partial charge in [-0.1, -0.05) is 17.7 Å². The second kappa shape index (κ2) is 11.4. The molecule has 1 aromatic carbocycles. The van der Waals surface area contributed by atoms with Crippen molar-refractivity contribution < 1.29 is 13.9 Å². The summed E-state index contributed by atoms with van der Waals surface area (Å²) in [5, 5.41) is 9.36. The second-order valence-corrected chi connectivity index (χ2v) is 9.09. The molecule has 0 spiro atoms. The Hall–Kier alpha value is -4.02. The van der Waals surface area contributed by atoms with E-state index in [0.29, 0.717) is 51.9 Å². The van der Waals surface area contributed by atoms with Gasteiger partial charge in [-0.15, -0.1) is 10.2 Å². The van der Waals surface area contributed by atoms with Crippen molar-refractivity contribution in [2.75, 3.05) is 24.7 Å². The van der Waals surface area contributed by atoms with Gasteiger partial charge in [-0.25, -0.2) is 0 Å². The molecule has 0 amide bonds. The monoisotopic (exact) mass is 534 g/mol. The highest BCUT2D eigenvalue weighted by Crippen LogP contribution is 2.38. The molecule has 0 atom stereocenters. The van der Waals surface area contributed by atoms with Gasteiger partial charge in [0.2, 0.25) is 11.8 Å². The average molecular weight is 535 g/mol. The number of hydrogen-bond acceptors (Lipinski definition) is 9. The molecule has 37 heavy (non-hydrogen) atoms. The number of aryl methyl sites for hydroxylation is 1. The number of nitrogens with zero attached hydrogens (tertiary/aromatic N) is 5. The van der Waals surface area contributed by atoms with Gasteiger partial charge in [0, 0.05) is 42.0 Å². The van der Waals surface area contributed by atoms with Crippen molar-refractivity contribution in [3.63, 3.8) is 0 Å². The number of halogens is 1. The number of benzene rings is 1. The molecular weight excluding hydrogens is 512 g/mol. The summed E-state index contributed by atoms with van der Waals surface area (Å²) in [5.74, 6) is 3.48. The molecule has 0 saturated heterocycles. The first-order valence-electron chi connectivity index (χ1n) is 11.3. The van der Waals surface area contributed by atoms with Gasteiger partial charge in [0.25, 0.3) is 0 Å². The van der Waals surface area contributed by atoms with E-state index in [1.807, 2.05) is 47.0 Å². The zero-order valence-electron chi connectivity index (χ0n) is 20.1. The van der Waals surface area contributed by atoms with Gasteiger partial charge < -0.3 is 13.9 Å². The average Bonchev–Trinajstić information content (AvgIpc) is 3.62. The highest BCUT2D eigenvalue weighted by Gasteiger charge is 2.23. The lowest BCUT2D eigenvalue weighted by Crippen LogP contribution is -2.07. The number of hydrogen-bond donors (Lipinski definition) is 1. The summed E-state index contributed by atoms with van der Waals surface area (Å²) in [6.07, 6.45) is 7.47. The normalized spacial score (nSPS) is 10.9. The summed E-state index contributed by atoms with van der Waals surface area (Å²) < 4.78 is 22.1. The minimum Gasteiger partial charge on any atom is -0.494 e. The van der Waals surface area contributed by atoms with Gasteiger partial charge in [0.05, 0.1) is 25.5 Å². The van der Waals surface area contributed by atoms with Crippen LogP contribution in [0.1, 0.15) is 5.69 Å². The lowest BCUT2D eigenvalue weighted by Gasteiger charge is -2.17. The fraction of sp³-hybridized carbons (Fsp3) is 0.154. The quantitative estimate of drug-likeness (QED) is 0.172. The molecule has 0 aliphatic rings. The molecule has 0 aliphatic heterocycles. The molecule has 0 fully saturated rings. The van der Waals surface area contributed by atoms with Crippen LogP contribution in [-0.2, 0) is 6.42 Å². The van der Waals surface area contributed by atoms with Crippen LogP contribution >= 0.6 is 23.5 Å². The highest BCUT2D eigenvalue weighted by molar-refractivity contribution is 8.00. The van der Waals surface area contributed by atoms with E-state index in [2.05, 4.69) is 24.9 Å². The van der Waals surface area contributed by atoms with Crippen molar-refractivity contribution in [2.24, 2.45) is 0 Å². The third-order valence-corrected chi connectivity index (χ3v) is 6.50. The number of rotatable bonds is 10. The molecule has 188 valence electrons. The van der Waals surface area contributed by atoms with Crippen molar-refractivity contribution in [1.29, 1.82) is 0 Å². The van der Waals surface area contributed by atoms with Crippen molar-refractivity contribution in [2.45, 2.75) is 6.42 Å². The van der Waals surface area contributed by atoms with Gasteiger partial charge in [0.15, 0.2) is 5.76 Å². The molecular formula is C26H23ClN6O3S. The molecule has 4 heterocycles. The second-order valence-electron chi connectivity index (χ2n) is 7.76. The van der Waals surface area contributed by atoms with Crippen molar-refractivity contribution in [1.82, 2.24) is 24.7 Å². The topological polar surface area (TPSA) is 100 Å². The molecule has 0 unspecified atom stereocenters. The van der Waals surface area contributed by atoms with E-state index in [4.69, 9.17) is 25.5 Å². The number of nitrogens with one attached hydrogen (secondary N) is 1. The predicted octanol–water partition coefficient (Wildman–Crippen LogP) is 5.96. The van der Waals surface area contributed by atoms with Crippen LogP contribution < -0.4 is 14.2 Å². The fourth-order valence-electron chi connectivity index (χ4n) is 3.89. The minimum atomic E-state index is 0.498. The first-order chi connectivity index (χ1) is 18.2. The van der Waals surface area contributed by atoms with Gasteiger partial charge in [-0.05, 0) is 60.0 Å². The Morgan fingerprint density at radius 2 is 1.81 bits per heavy atom. The standard InChI is InChI=1S/C26H23ClN6O3S/c1-34-21-5-3-6-22(35-2)24(21)33-25(23-7-4-13-36-23)30-31-26(33)32-37-14-10-20-19(15-18(27)16-29-20)17-8-11-28-12-9-17/h3-9,11-13,15-16H,10,14H2,1-2H3,(H,31,32). The van der Waals surface area contributed by atoms with Crippen LogP contribution in [0.4, 0.5) is 5.95 Å². The minimum absolute atomic E-state index is 0.498. The molecule has 9 nitrogen and oxygen atoms in total. The molecule has 0 aliphatic carbocycles. The molecule has 0 radical (unpaired) electrons. The summed E-state index contributed by atoms with van der Waals surface area (Å²) in [7, 11) is 3.22. The smallest absolute Gasteiger partial charge is 0.239 e. The first kappa shape index (κ1) is 24.7. The predicted molar refractivity (Wildman–Crippen MR) is 144 cm³/mol. The van der Waals surface area contributed by atoms with Crippen LogP contribution in [-0.4, -0.2) is 44.7 Å². The largest absolute Gasteiger partial charge is 0.494 e. The van der Waals surface area contributed by atoms with Crippen molar-refractivity contribution in [3.8, 4) is 39.9 Å². The number of ether oxygens (including phenoxy) is 2. The van der Waals surface area contributed by atoms with Gasteiger partial charge >= 0.3 is 0 Å². The van der Waals surface area contributed by atoms with E-state index in [1.165, 1.54) is 11.9 Å². The van der Waals surface area contributed by atoms with Crippen LogP contribution in [0.2, 0.25) is 5.02 Å². The summed E-state index contributed by atoms with van der Waals surface area (Å²) >= 11 is 7.72. The van der Waals surface area contributed by atoms with Gasteiger partial charge in [-0.3, -0.25) is 19.3 Å². The van der Waals surface area contributed by atoms with E-state index in [0.717, 1.165) is 16.8 Å². The molecule has 5 aromatic rings. The first-order valence-corrected chi connectivity index (χ1v) is 12.7. The third-order valence-electron chi connectivity index (χ3n) is 5.56. The van der Waals surface area contributed by atoms with Crippen LogP contribution in [0.5, 0.6) is 11.5 Å². The van der Waals surface area contributed by atoms with E-state index in [1.54, 1.807) is 45.1 Å². The molecule has 0 bridgehead atoms. The maximum Gasteiger partial charge on any atom is 0.239 e. The van der Waals surface area contributed by atoms with Crippen molar-refractivity contribution in [3.05, 3.63) is 84.1 Å². The summed E-state index contributed by atoms with van der Waals surface area (Å²) in [5.41, 5.74) is 3.60. The highest BCUT2D eigenvalue weighted by atomic mass is 35.5. The van der Waals surface area contributed by atoms with Crippen molar-refractivity contribution >= 4 is 29.5 Å². The SMILES string of the molecule is COc1cccc(OC)c1-n1c(NSCCc2ncc(Cl)cc2-c2ccncc2)nnc1-c1ccco1. The fourth-order valence-corrected chi connectivity index (χ4v) is 4.71. The Morgan fingerprint density at radius 1 is 1.03 bits per heavy atom. The summed E-state index contributed by atoms with van der Waals surface area (Å²) in [6, 6.07) is 15.0. The van der Waals surface area contributed by atoms with E-state index < -0.39 is 0 Å². The number of aromatic nitrogens is 5. The van der Waals surface area contributed by atoms with E-state index in [-0.39, 0.29) is 0 Å². The molecule has 1 N–H and O–H groups in total. The molecule has 4 aromatic heterocycles. The summed E-state index contributed by atoms with van der Waals surface area (Å²) in [6.45, 7) is 0. The lowest BCUT2D eigenvalue weighted by molar-refractivity contribution is 0.391. The molecule has 5 rings (SSSR count). The summed E-state index contributed by atoms with van der Waals surface area (Å²) in [4.78, 5) is 8.68. The maximum absolute atomic E-state index is 6.24. The van der Waals surface area contributed by atoms with E-state index >= 15 is 0 Å². The van der Waals surface area contributed by atoms with Gasteiger partial charge in [-0.2, -0.15) is 0 Å². The number of furan rings is 1. The Kier molecular flexibility index (Phi) is 7.57. The number of anilines is 1. The number of pyridine rings is 2. The van der Waals surface area contributed by atoms with E-state index in [9.17, 15) is 0 Å². The van der Waals surface area contributed by atoms with Gasteiger partial charge in [0.1, 0.15) is 17.2 Å². The Morgan fingerprint density at radius 3 is 2.51 bits per heavy atom. The molecule has 11 heteroatoms. The number of para-hydroxylation sites is 1. The zero-order valence-corrected chi connectivity index (χ0v) is 21.7. The molecule has 0 saturated carbocycles. The van der Waals surface area contributed by atoms with Crippen LogP contribution in [0.15, 0.2) is 77.8 Å². The van der Waals surface area contributed by atoms with Crippen LogP contribution in [0, 0.1) is 0 Å². The zero-order chi connectivity index (χ0) is 25.6. The lowest BCUT2D eigenvalue weighted by atomic mass is 10.0. The Balaban J connectivity index is 1.41.